The van der Waals surface area contributed by atoms with E-state index in [1.54, 1.807) is 18.2 Å². The summed E-state index contributed by atoms with van der Waals surface area (Å²) in [4.78, 5) is 40.6. The van der Waals surface area contributed by atoms with Crippen molar-refractivity contribution in [3.05, 3.63) is 75.9 Å². The summed E-state index contributed by atoms with van der Waals surface area (Å²) < 4.78 is 5.88. The molecule has 1 N–H and O–H groups in total. The van der Waals surface area contributed by atoms with Gasteiger partial charge in [-0.15, -0.1) is 0 Å². The van der Waals surface area contributed by atoms with Crippen LogP contribution in [0.3, 0.4) is 0 Å². The van der Waals surface area contributed by atoms with Crippen molar-refractivity contribution >= 4 is 22.9 Å². The summed E-state index contributed by atoms with van der Waals surface area (Å²) in [6.07, 6.45) is 2.80. The van der Waals surface area contributed by atoms with Crippen molar-refractivity contribution in [2.45, 2.75) is 6.61 Å². The normalized spacial score (nSPS) is 10.5. The molecular weight excluding hydrogens is 340 g/mol. The summed E-state index contributed by atoms with van der Waals surface area (Å²) in [6, 6.07) is 9.08. The zero-order valence-corrected chi connectivity index (χ0v) is 13.7. The van der Waals surface area contributed by atoms with E-state index in [1.807, 2.05) is 0 Å². The van der Waals surface area contributed by atoms with Crippen molar-refractivity contribution in [2.24, 2.45) is 0 Å². The van der Waals surface area contributed by atoms with E-state index in [9.17, 15) is 19.7 Å². The number of amides is 1. The number of aromatic nitrogens is 3. The molecule has 0 aliphatic heterocycles. The Morgan fingerprint density at radius 1 is 1.27 bits per heavy atom. The highest BCUT2D eigenvalue weighted by Gasteiger charge is 2.29. The third kappa shape index (κ3) is 2.97. The van der Waals surface area contributed by atoms with Crippen molar-refractivity contribution in [3.8, 4) is 0 Å². The Hall–Kier alpha value is -3.75. The number of esters is 1. The number of hydrogen-bond acceptors (Lipinski definition) is 6. The SMILES string of the molecule is CNC(=O)c1c(COC(=O)c2cccnc2)n([O-])c2ccccc2[n+]1=O. The van der Waals surface area contributed by atoms with Gasteiger partial charge in [0.05, 0.1) is 9.99 Å². The van der Waals surface area contributed by atoms with E-state index in [-0.39, 0.29) is 22.3 Å². The molecule has 26 heavy (non-hydrogen) atoms. The number of carbonyl (C=O) groups is 2. The van der Waals surface area contributed by atoms with E-state index >= 15 is 0 Å². The van der Waals surface area contributed by atoms with Gasteiger partial charge in [0.1, 0.15) is 17.8 Å². The van der Waals surface area contributed by atoms with E-state index in [1.165, 1.54) is 37.6 Å². The molecule has 1 amide bonds. The molecule has 0 fully saturated rings. The van der Waals surface area contributed by atoms with Gasteiger partial charge in [-0.25, -0.2) is 4.79 Å². The van der Waals surface area contributed by atoms with Gasteiger partial charge in [0.25, 0.3) is 5.52 Å². The second-order valence-electron chi connectivity index (χ2n) is 5.27. The summed E-state index contributed by atoms with van der Waals surface area (Å²) in [5.41, 5.74) is -0.427. The number of fused-ring (bicyclic) bond motifs is 1. The molecule has 2 aromatic heterocycles. The van der Waals surface area contributed by atoms with E-state index < -0.39 is 24.2 Å². The fourth-order valence-corrected chi connectivity index (χ4v) is 2.46. The van der Waals surface area contributed by atoms with Gasteiger partial charge in [0, 0.05) is 30.4 Å². The molecule has 132 valence electrons. The Bertz CT molecular complexity index is 1050. The monoisotopic (exact) mass is 354 g/mol. The van der Waals surface area contributed by atoms with Crippen LogP contribution < -0.4 is 9.74 Å². The van der Waals surface area contributed by atoms with Gasteiger partial charge < -0.3 is 20.0 Å². The lowest BCUT2D eigenvalue weighted by Crippen LogP contribution is -2.36. The minimum Gasteiger partial charge on any atom is -0.805 e. The Morgan fingerprint density at radius 3 is 2.73 bits per heavy atom. The number of nitrogens with one attached hydrogen (secondary N) is 1. The predicted octanol–water partition coefficient (Wildman–Crippen LogP) is 1.01. The van der Waals surface area contributed by atoms with E-state index in [2.05, 4.69) is 10.3 Å². The fourth-order valence-electron chi connectivity index (χ4n) is 2.46. The van der Waals surface area contributed by atoms with Gasteiger partial charge in [-0.2, -0.15) is 0 Å². The third-order valence-corrected chi connectivity index (χ3v) is 3.72. The standard InChI is InChI=1S/C17H14N4O5/c1-18-16(22)15-14(10-26-17(23)11-5-4-8-19-9-11)20(24)12-6-2-3-7-13(12)21(15)25/h2-9H,10H2,1H3,(H,18,22). The number of nitrogens with zero attached hydrogens (tertiary/aromatic N) is 3. The van der Waals surface area contributed by atoms with E-state index in [0.29, 0.717) is 9.16 Å². The van der Waals surface area contributed by atoms with Crippen molar-refractivity contribution in [1.29, 1.82) is 0 Å². The zero-order valence-electron chi connectivity index (χ0n) is 13.7. The lowest BCUT2D eigenvalue weighted by molar-refractivity contribution is -0.468. The lowest BCUT2D eigenvalue weighted by atomic mass is 10.2. The van der Waals surface area contributed by atoms with Gasteiger partial charge in [0.15, 0.2) is 0 Å². The van der Waals surface area contributed by atoms with Crippen LogP contribution in [-0.4, -0.2) is 28.6 Å². The second-order valence-corrected chi connectivity index (χ2v) is 5.27. The van der Waals surface area contributed by atoms with Crippen LogP contribution in [-0.2, 0) is 11.3 Å². The van der Waals surface area contributed by atoms with Gasteiger partial charge in [-0.3, -0.25) is 9.78 Å². The molecule has 0 bridgehead atoms. The number of pyridine rings is 1. The van der Waals surface area contributed by atoms with Gasteiger partial charge in [-0.1, -0.05) is 12.1 Å². The van der Waals surface area contributed by atoms with Gasteiger partial charge in [-0.05, 0) is 18.2 Å². The Labute approximate surface area is 147 Å². The van der Waals surface area contributed by atoms with Crippen LogP contribution >= 0.6 is 0 Å². The summed E-state index contributed by atoms with van der Waals surface area (Å²) in [7, 11) is 1.33. The highest BCUT2D eigenvalue weighted by Crippen LogP contribution is 2.16. The van der Waals surface area contributed by atoms with Crippen LogP contribution in [0, 0.1) is 10.1 Å². The topological polar surface area (TPSA) is 119 Å². The maximum absolute atomic E-state index is 12.7. The largest absolute Gasteiger partial charge is 0.805 e. The maximum Gasteiger partial charge on any atom is 0.350 e. The number of rotatable bonds is 4. The molecule has 9 heteroatoms. The zero-order chi connectivity index (χ0) is 18.7. The number of ether oxygens (including phenoxy) is 1. The summed E-state index contributed by atoms with van der Waals surface area (Å²) in [6.45, 7) is -0.549. The molecule has 0 radical (unpaired) electrons. The smallest absolute Gasteiger partial charge is 0.350 e. The second kappa shape index (κ2) is 7.01. The van der Waals surface area contributed by atoms with Crippen molar-refractivity contribution in [2.75, 3.05) is 7.05 Å². The number of benzene rings is 1. The van der Waals surface area contributed by atoms with Crippen LogP contribution in [0.25, 0.3) is 11.0 Å². The molecule has 0 aliphatic carbocycles. The van der Waals surface area contributed by atoms with Crippen LogP contribution in [0.1, 0.15) is 26.5 Å². The molecule has 1 aromatic carbocycles. The lowest BCUT2D eigenvalue weighted by Gasteiger charge is -2.18. The first-order chi connectivity index (χ1) is 12.5. The molecule has 3 rings (SSSR count). The average Bonchev–Trinajstić information content (AvgIpc) is 2.69. The highest BCUT2D eigenvalue weighted by atomic mass is 16.5. The van der Waals surface area contributed by atoms with Gasteiger partial charge >= 0.3 is 17.6 Å². The first-order valence-corrected chi connectivity index (χ1v) is 7.60. The quantitative estimate of drug-likeness (QED) is 0.552. The van der Waals surface area contributed by atoms with Crippen molar-refractivity contribution < 1.29 is 18.8 Å². The Balaban J connectivity index is 2.06. The molecule has 2 heterocycles. The number of carbonyl (C=O) groups excluding carboxylic acids is 2. The average molecular weight is 354 g/mol. The number of hydrogen-bond donors (Lipinski definition) is 1. The van der Waals surface area contributed by atoms with Crippen LogP contribution in [0.5, 0.6) is 0 Å². The minimum absolute atomic E-state index is 0.0310. The van der Waals surface area contributed by atoms with Crippen LogP contribution in [0.15, 0.2) is 48.8 Å². The summed E-state index contributed by atoms with van der Waals surface area (Å²) in [5.74, 6) is -1.49. The molecule has 0 saturated heterocycles. The first-order valence-electron chi connectivity index (χ1n) is 7.60. The molecule has 0 saturated carbocycles. The number of para-hydroxylation sites is 2. The molecule has 0 spiro atoms. The first kappa shape index (κ1) is 17.1. The predicted molar refractivity (Wildman–Crippen MR) is 90.8 cm³/mol. The summed E-state index contributed by atoms with van der Waals surface area (Å²) >= 11 is 0. The molecular formula is C17H14N4O5. The molecule has 0 aliphatic rings. The Kier molecular flexibility index (Phi) is 4.61. The minimum atomic E-state index is -0.761. The molecule has 0 atom stereocenters. The molecule has 3 aromatic rings. The fraction of sp³-hybridized carbons (Fsp3) is 0.118. The van der Waals surface area contributed by atoms with Gasteiger partial charge in [0.2, 0.25) is 0 Å². The van der Waals surface area contributed by atoms with Crippen LogP contribution in [0.4, 0.5) is 0 Å². The van der Waals surface area contributed by atoms with E-state index in [0.717, 1.165) is 0 Å². The Morgan fingerprint density at radius 2 is 2.04 bits per heavy atom. The third-order valence-electron chi connectivity index (χ3n) is 3.72. The van der Waals surface area contributed by atoms with Crippen molar-refractivity contribution in [1.82, 2.24) is 15.0 Å². The van der Waals surface area contributed by atoms with Crippen molar-refractivity contribution in [3.63, 3.8) is 0 Å². The highest BCUT2D eigenvalue weighted by molar-refractivity contribution is 5.93. The van der Waals surface area contributed by atoms with E-state index in [4.69, 9.17) is 4.74 Å². The molecule has 0 unspecified atom stereocenters. The maximum atomic E-state index is 12.7. The summed E-state index contributed by atoms with van der Waals surface area (Å²) in [5, 5.41) is 15.0. The van der Waals surface area contributed by atoms with Crippen LogP contribution in [0.2, 0.25) is 0 Å². The molecule has 9 nitrogen and oxygen atoms in total.